The Bertz CT molecular complexity index is 477. The van der Waals surface area contributed by atoms with Crippen LogP contribution in [0.15, 0.2) is 18.2 Å². The molecule has 0 saturated heterocycles. The van der Waals surface area contributed by atoms with Crippen LogP contribution < -0.4 is 0 Å². The second-order valence-electron chi connectivity index (χ2n) is 5.55. The van der Waals surface area contributed by atoms with Gasteiger partial charge in [-0.05, 0) is 36.5 Å². The first-order chi connectivity index (χ1) is 10.0. The van der Waals surface area contributed by atoms with Crippen LogP contribution in [0.2, 0.25) is 0 Å². The van der Waals surface area contributed by atoms with Crippen LogP contribution in [0.4, 0.5) is 13.2 Å². The second kappa shape index (κ2) is 7.07. The minimum absolute atomic E-state index is 0.0495. The minimum atomic E-state index is -4.43. The van der Waals surface area contributed by atoms with E-state index in [0.717, 1.165) is 25.0 Å². The summed E-state index contributed by atoms with van der Waals surface area (Å²) in [5.74, 6) is 0.535. The van der Waals surface area contributed by atoms with Crippen LogP contribution in [0, 0.1) is 5.92 Å². The molecular formula is C16H19F3O2. The van der Waals surface area contributed by atoms with Crippen molar-refractivity contribution in [2.75, 3.05) is 6.61 Å². The van der Waals surface area contributed by atoms with E-state index in [9.17, 15) is 18.0 Å². The topological polar surface area (TPSA) is 26.3 Å². The maximum atomic E-state index is 12.6. The Morgan fingerprint density at radius 1 is 1.19 bits per heavy atom. The maximum absolute atomic E-state index is 12.6. The fraction of sp³-hybridized carbons (Fsp3) is 0.562. The Morgan fingerprint density at radius 2 is 1.90 bits per heavy atom. The number of halogens is 3. The smallest absolute Gasteiger partial charge is 0.376 e. The third-order valence-electron chi connectivity index (χ3n) is 3.94. The minimum Gasteiger partial charge on any atom is -0.376 e. The highest BCUT2D eigenvalue weighted by atomic mass is 19.4. The highest BCUT2D eigenvalue weighted by Crippen LogP contribution is 2.30. The van der Waals surface area contributed by atoms with Crippen molar-refractivity contribution in [1.82, 2.24) is 0 Å². The van der Waals surface area contributed by atoms with Crippen LogP contribution in [0.3, 0.4) is 0 Å². The van der Waals surface area contributed by atoms with Gasteiger partial charge >= 0.3 is 6.18 Å². The zero-order chi connectivity index (χ0) is 15.3. The van der Waals surface area contributed by atoms with E-state index < -0.39 is 11.7 Å². The molecular weight excluding hydrogens is 281 g/mol. The monoisotopic (exact) mass is 300 g/mol. The van der Waals surface area contributed by atoms with Crippen LogP contribution >= 0.6 is 0 Å². The Labute approximate surface area is 122 Å². The number of carbonyl (C=O) groups is 1. The molecule has 2 rings (SSSR count). The Balaban J connectivity index is 1.94. The summed E-state index contributed by atoms with van der Waals surface area (Å²) in [5.41, 5.74) is -0.247. The zero-order valence-corrected chi connectivity index (χ0v) is 11.8. The first-order valence-electron chi connectivity index (χ1n) is 7.24. The van der Waals surface area contributed by atoms with E-state index in [0.29, 0.717) is 24.4 Å². The van der Waals surface area contributed by atoms with E-state index in [2.05, 4.69) is 0 Å². The zero-order valence-electron chi connectivity index (χ0n) is 11.8. The Hall–Kier alpha value is -1.36. The molecule has 116 valence electrons. The molecule has 0 spiro atoms. The second-order valence-corrected chi connectivity index (χ2v) is 5.55. The van der Waals surface area contributed by atoms with Crippen LogP contribution in [0.1, 0.15) is 53.6 Å². The molecule has 1 saturated carbocycles. The van der Waals surface area contributed by atoms with Gasteiger partial charge in [0.1, 0.15) is 6.29 Å². The molecule has 2 nitrogen and oxygen atoms in total. The summed E-state index contributed by atoms with van der Waals surface area (Å²) >= 11 is 0. The normalized spacial score (nSPS) is 16.9. The van der Waals surface area contributed by atoms with Crippen molar-refractivity contribution in [3.05, 3.63) is 34.9 Å². The van der Waals surface area contributed by atoms with E-state index in [1.807, 2.05) is 0 Å². The Morgan fingerprint density at radius 3 is 2.52 bits per heavy atom. The van der Waals surface area contributed by atoms with Crippen molar-refractivity contribution in [2.45, 2.75) is 44.9 Å². The molecule has 0 unspecified atom stereocenters. The molecule has 1 aromatic rings. The van der Waals surface area contributed by atoms with E-state index in [-0.39, 0.29) is 12.2 Å². The lowest BCUT2D eigenvalue weighted by atomic mass is 9.90. The summed E-state index contributed by atoms with van der Waals surface area (Å²) < 4.78 is 43.3. The molecule has 0 amide bonds. The predicted molar refractivity (Wildman–Crippen MR) is 73.1 cm³/mol. The Kier molecular flexibility index (Phi) is 5.39. The predicted octanol–water partition coefficient (Wildman–Crippen LogP) is 4.61. The van der Waals surface area contributed by atoms with Crippen LogP contribution in [-0.4, -0.2) is 12.9 Å². The molecule has 0 aliphatic heterocycles. The highest BCUT2D eigenvalue weighted by molar-refractivity contribution is 5.77. The molecule has 1 fully saturated rings. The van der Waals surface area contributed by atoms with Gasteiger partial charge in [0.25, 0.3) is 0 Å². The summed E-state index contributed by atoms with van der Waals surface area (Å²) in [6.07, 6.45) is 2.02. The van der Waals surface area contributed by atoms with Crippen LogP contribution in [0.5, 0.6) is 0 Å². The van der Waals surface area contributed by atoms with Gasteiger partial charge < -0.3 is 4.74 Å². The van der Waals surface area contributed by atoms with E-state index >= 15 is 0 Å². The molecule has 1 aliphatic rings. The lowest BCUT2D eigenvalue weighted by Gasteiger charge is -2.21. The standard InChI is InChI=1S/C16H19F3O2/c17-16(18,19)15-7-6-13(14(8-15)9-20)11-21-10-12-4-2-1-3-5-12/h6-9,12H,1-5,10-11H2. The number of rotatable bonds is 5. The fourth-order valence-corrected chi connectivity index (χ4v) is 2.70. The molecule has 1 aliphatic carbocycles. The third kappa shape index (κ3) is 4.56. The molecule has 0 aromatic heterocycles. The van der Waals surface area contributed by atoms with Crippen LogP contribution in [-0.2, 0) is 17.5 Å². The number of alkyl halides is 3. The summed E-state index contributed by atoms with van der Waals surface area (Å²) in [5, 5.41) is 0. The molecule has 5 heteroatoms. The molecule has 0 atom stereocenters. The summed E-state index contributed by atoms with van der Waals surface area (Å²) in [6.45, 7) is 0.794. The lowest BCUT2D eigenvalue weighted by Crippen LogP contribution is -2.14. The molecule has 21 heavy (non-hydrogen) atoms. The van der Waals surface area contributed by atoms with Gasteiger partial charge in [-0.15, -0.1) is 0 Å². The van der Waals surface area contributed by atoms with Gasteiger partial charge in [-0.3, -0.25) is 4.79 Å². The molecule has 0 radical (unpaired) electrons. The van der Waals surface area contributed by atoms with Crippen molar-refractivity contribution < 1.29 is 22.7 Å². The summed E-state index contributed by atoms with van der Waals surface area (Å²) in [6, 6.07) is 3.20. The average molecular weight is 300 g/mol. The third-order valence-corrected chi connectivity index (χ3v) is 3.94. The SMILES string of the molecule is O=Cc1cc(C(F)(F)F)ccc1COCC1CCCCC1. The van der Waals surface area contributed by atoms with Gasteiger partial charge in [-0.25, -0.2) is 0 Å². The van der Waals surface area contributed by atoms with E-state index in [1.165, 1.54) is 25.3 Å². The molecule has 0 bridgehead atoms. The number of aldehydes is 1. The first-order valence-corrected chi connectivity index (χ1v) is 7.24. The summed E-state index contributed by atoms with van der Waals surface area (Å²) in [4.78, 5) is 10.9. The van der Waals surface area contributed by atoms with Gasteiger partial charge in [-0.2, -0.15) is 13.2 Å². The van der Waals surface area contributed by atoms with Crippen molar-refractivity contribution in [3.63, 3.8) is 0 Å². The maximum Gasteiger partial charge on any atom is 0.416 e. The number of ether oxygens (including phenoxy) is 1. The van der Waals surface area contributed by atoms with E-state index in [4.69, 9.17) is 4.74 Å². The number of hydrogen-bond donors (Lipinski definition) is 0. The lowest BCUT2D eigenvalue weighted by molar-refractivity contribution is -0.137. The van der Waals surface area contributed by atoms with E-state index in [1.54, 1.807) is 0 Å². The highest BCUT2D eigenvalue weighted by Gasteiger charge is 2.30. The van der Waals surface area contributed by atoms with Crippen molar-refractivity contribution >= 4 is 6.29 Å². The molecule has 0 N–H and O–H groups in total. The van der Waals surface area contributed by atoms with Crippen molar-refractivity contribution in [2.24, 2.45) is 5.92 Å². The fourth-order valence-electron chi connectivity index (χ4n) is 2.70. The molecule has 1 aromatic carbocycles. The average Bonchev–Trinajstić information content (AvgIpc) is 2.47. The van der Waals surface area contributed by atoms with Gasteiger partial charge in [0, 0.05) is 12.2 Å². The number of carbonyl (C=O) groups excluding carboxylic acids is 1. The van der Waals surface area contributed by atoms with Gasteiger partial charge in [0.15, 0.2) is 0 Å². The van der Waals surface area contributed by atoms with Crippen molar-refractivity contribution in [1.29, 1.82) is 0 Å². The van der Waals surface area contributed by atoms with Crippen LogP contribution in [0.25, 0.3) is 0 Å². The first kappa shape index (κ1) is 16.0. The van der Waals surface area contributed by atoms with Gasteiger partial charge in [0.2, 0.25) is 0 Å². The number of benzene rings is 1. The van der Waals surface area contributed by atoms with Gasteiger partial charge in [-0.1, -0.05) is 25.3 Å². The van der Waals surface area contributed by atoms with Crippen molar-refractivity contribution in [3.8, 4) is 0 Å². The van der Waals surface area contributed by atoms with Gasteiger partial charge in [0.05, 0.1) is 12.2 Å². The summed E-state index contributed by atoms with van der Waals surface area (Å²) in [7, 11) is 0. The molecule has 0 heterocycles. The largest absolute Gasteiger partial charge is 0.416 e. The number of hydrogen-bond acceptors (Lipinski definition) is 2. The quantitative estimate of drug-likeness (QED) is 0.742.